The van der Waals surface area contributed by atoms with E-state index in [1.54, 1.807) is 0 Å². The van der Waals surface area contributed by atoms with Gasteiger partial charge in [-0.1, -0.05) is 59.8 Å². The van der Waals surface area contributed by atoms with E-state index in [0.717, 1.165) is 6.61 Å². The fraction of sp³-hybridized carbons (Fsp3) is 1.00. The molecule has 0 bridgehead atoms. The smallest absolute Gasteiger partial charge is 0.0623 e. The number of hydrogen-bond donors (Lipinski definition) is 0. The summed E-state index contributed by atoms with van der Waals surface area (Å²) >= 11 is 0. The Hall–Kier alpha value is -0.0400. The molecule has 1 heteroatoms. The molecule has 0 amide bonds. The molecule has 0 aromatic rings. The molecule has 0 heterocycles. The number of ether oxygens (including phenoxy) is 1. The van der Waals surface area contributed by atoms with E-state index in [1.165, 1.54) is 38.5 Å². The van der Waals surface area contributed by atoms with Crippen molar-refractivity contribution in [2.45, 2.75) is 79.2 Å². The van der Waals surface area contributed by atoms with Crippen molar-refractivity contribution in [3.05, 3.63) is 0 Å². The van der Waals surface area contributed by atoms with Gasteiger partial charge in [0, 0.05) is 6.61 Å². The van der Waals surface area contributed by atoms with Gasteiger partial charge >= 0.3 is 0 Å². The molecule has 0 aliphatic heterocycles. The Labute approximate surface area is 96.6 Å². The van der Waals surface area contributed by atoms with E-state index in [2.05, 4.69) is 34.6 Å². The van der Waals surface area contributed by atoms with E-state index in [4.69, 9.17) is 4.74 Å². The average molecular weight is 214 g/mol. The summed E-state index contributed by atoms with van der Waals surface area (Å²) in [4.78, 5) is 0. The van der Waals surface area contributed by atoms with Gasteiger partial charge in [-0.15, -0.1) is 0 Å². The molecular formula is C14H30O. The Kier molecular flexibility index (Phi) is 8.13. The van der Waals surface area contributed by atoms with Crippen LogP contribution in [0.1, 0.15) is 73.1 Å². The van der Waals surface area contributed by atoms with Crippen molar-refractivity contribution < 1.29 is 4.74 Å². The van der Waals surface area contributed by atoms with Crippen LogP contribution in [0.15, 0.2) is 0 Å². The molecule has 0 aromatic carbocycles. The van der Waals surface area contributed by atoms with Crippen LogP contribution in [-0.2, 0) is 4.74 Å². The second-order valence-electron chi connectivity index (χ2n) is 5.51. The highest BCUT2D eigenvalue weighted by molar-refractivity contribution is 4.74. The maximum Gasteiger partial charge on any atom is 0.0623 e. The molecule has 92 valence electrons. The first-order valence-corrected chi connectivity index (χ1v) is 6.64. The minimum Gasteiger partial charge on any atom is -0.378 e. The minimum absolute atomic E-state index is 0.292. The van der Waals surface area contributed by atoms with Crippen molar-refractivity contribution in [2.24, 2.45) is 5.41 Å². The predicted molar refractivity (Wildman–Crippen MR) is 68.2 cm³/mol. The molecule has 0 radical (unpaired) electrons. The highest BCUT2D eigenvalue weighted by Crippen LogP contribution is 2.26. The van der Waals surface area contributed by atoms with Gasteiger partial charge in [0.15, 0.2) is 0 Å². The van der Waals surface area contributed by atoms with Gasteiger partial charge in [0.25, 0.3) is 0 Å². The summed E-state index contributed by atoms with van der Waals surface area (Å²) in [6.45, 7) is 12.0. The summed E-state index contributed by atoms with van der Waals surface area (Å²) < 4.78 is 5.81. The number of rotatable bonds is 8. The predicted octanol–water partition coefficient (Wildman–Crippen LogP) is 4.80. The Morgan fingerprint density at radius 2 is 1.53 bits per heavy atom. The first kappa shape index (κ1) is 15.0. The summed E-state index contributed by atoms with van der Waals surface area (Å²) in [5.41, 5.74) is 0.292. The number of hydrogen-bond acceptors (Lipinski definition) is 1. The third kappa shape index (κ3) is 7.84. The van der Waals surface area contributed by atoms with Gasteiger partial charge < -0.3 is 4.74 Å². The van der Waals surface area contributed by atoms with E-state index in [-0.39, 0.29) is 0 Å². The van der Waals surface area contributed by atoms with Crippen LogP contribution in [0.3, 0.4) is 0 Å². The fourth-order valence-corrected chi connectivity index (χ4v) is 1.90. The van der Waals surface area contributed by atoms with Gasteiger partial charge in [-0.05, 0) is 18.8 Å². The molecule has 0 saturated heterocycles. The molecule has 0 rings (SSSR count). The van der Waals surface area contributed by atoms with Crippen molar-refractivity contribution in [3.8, 4) is 0 Å². The van der Waals surface area contributed by atoms with Crippen molar-refractivity contribution in [3.63, 3.8) is 0 Å². The van der Waals surface area contributed by atoms with Gasteiger partial charge in [-0.3, -0.25) is 0 Å². The van der Waals surface area contributed by atoms with E-state index >= 15 is 0 Å². The summed E-state index contributed by atoms with van der Waals surface area (Å²) in [6.07, 6.45) is 8.45. The lowest BCUT2D eigenvalue weighted by Gasteiger charge is -2.30. The van der Waals surface area contributed by atoms with E-state index < -0.39 is 0 Å². The van der Waals surface area contributed by atoms with Crippen LogP contribution in [0.25, 0.3) is 0 Å². The van der Waals surface area contributed by atoms with Crippen LogP contribution in [0, 0.1) is 5.41 Å². The largest absolute Gasteiger partial charge is 0.378 e. The van der Waals surface area contributed by atoms with Crippen molar-refractivity contribution in [1.82, 2.24) is 0 Å². The van der Waals surface area contributed by atoms with Crippen molar-refractivity contribution in [2.75, 3.05) is 6.61 Å². The lowest BCUT2D eigenvalue weighted by atomic mass is 9.86. The van der Waals surface area contributed by atoms with Gasteiger partial charge in [-0.25, -0.2) is 0 Å². The highest BCUT2D eigenvalue weighted by Gasteiger charge is 2.24. The number of unbranched alkanes of at least 4 members (excludes halogenated alkanes) is 4. The van der Waals surface area contributed by atoms with Crippen LogP contribution >= 0.6 is 0 Å². The molecule has 0 N–H and O–H groups in total. The van der Waals surface area contributed by atoms with Gasteiger partial charge in [0.1, 0.15) is 0 Å². The Balaban J connectivity index is 3.67. The third-order valence-electron chi connectivity index (χ3n) is 2.90. The molecule has 0 aromatic heterocycles. The normalized spacial score (nSPS) is 14.2. The second-order valence-corrected chi connectivity index (χ2v) is 5.51. The Morgan fingerprint density at radius 3 is 2.00 bits per heavy atom. The maximum absolute atomic E-state index is 5.81. The Morgan fingerprint density at radius 1 is 0.933 bits per heavy atom. The molecule has 0 fully saturated rings. The quantitative estimate of drug-likeness (QED) is 0.527. The van der Waals surface area contributed by atoms with Crippen LogP contribution in [0.4, 0.5) is 0 Å². The highest BCUT2D eigenvalue weighted by atomic mass is 16.5. The van der Waals surface area contributed by atoms with Crippen LogP contribution in [-0.4, -0.2) is 12.7 Å². The first-order valence-electron chi connectivity index (χ1n) is 6.64. The monoisotopic (exact) mass is 214 g/mol. The van der Waals surface area contributed by atoms with Crippen molar-refractivity contribution >= 4 is 0 Å². The lowest BCUT2D eigenvalue weighted by molar-refractivity contribution is -0.0178. The molecule has 0 aliphatic rings. The maximum atomic E-state index is 5.81. The van der Waals surface area contributed by atoms with E-state index in [1.807, 2.05) is 0 Å². The summed E-state index contributed by atoms with van der Waals surface area (Å²) in [6, 6.07) is 0. The average Bonchev–Trinajstić information content (AvgIpc) is 2.14. The molecule has 0 spiro atoms. The molecular weight excluding hydrogens is 184 g/mol. The standard InChI is InChI=1S/C14H30O/c1-6-8-9-10-11-12-13(15-7-2)14(3,4)5/h13H,6-12H2,1-5H3. The van der Waals surface area contributed by atoms with Gasteiger partial charge in [0.05, 0.1) is 6.10 Å². The van der Waals surface area contributed by atoms with Gasteiger partial charge in [-0.2, -0.15) is 0 Å². The van der Waals surface area contributed by atoms with E-state index in [0.29, 0.717) is 11.5 Å². The first-order chi connectivity index (χ1) is 7.02. The zero-order valence-electron chi connectivity index (χ0n) is 11.4. The molecule has 0 aliphatic carbocycles. The van der Waals surface area contributed by atoms with Crippen molar-refractivity contribution in [1.29, 1.82) is 0 Å². The van der Waals surface area contributed by atoms with Crippen LogP contribution in [0.2, 0.25) is 0 Å². The SMILES string of the molecule is CCCCCCCC(OCC)C(C)(C)C. The zero-order valence-corrected chi connectivity index (χ0v) is 11.4. The molecule has 15 heavy (non-hydrogen) atoms. The second kappa shape index (κ2) is 8.15. The third-order valence-corrected chi connectivity index (χ3v) is 2.90. The zero-order chi connectivity index (χ0) is 11.7. The summed E-state index contributed by atoms with van der Waals surface area (Å²) in [5, 5.41) is 0. The molecule has 0 saturated carbocycles. The molecule has 1 unspecified atom stereocenters. The summed E-state index contributed by atoms with van der Waals surface area (Å²) in [5.74, 6) is 0. The Bertz CT molecular complexity index is 135. The van der Waals surface area contributed by atoms with Gasteiger partial charge in [0.2, 0.25) is 0 Å². The van der Waals surface area contributed by atoms with Crippen LogP contribution in [0.5, 0.6) is 0 Å². The molecule has 1 nitrogen and oxygen atoms in total. The van der Waals surface area contributed by atoms with Crippen LogP contribution < -0.4 is 0 Å². The molecule has 1 atom stereocenters. The van der Waals surface area contributed by atoms with E-state index in [9.17, 15) is 0 Å². The summed E-state index contributed by atoms with van der Waals surface area (Å²) in [7, 11) is 0. The lowest BCUT2D eigenvalue weighted by Crippen LogP contribution is -2.29. The topological polar surface area (TPSA) is 9.23 Å². The fourth-order valence-electron chi connectivity index (χ4n) is 1.90. The minimum atomic E-state index is 0.292.